The first-order valence-corrected chi connectivity index (χ1v) is 10.3. The van der Waals surface area contributed by atoms with Crippen LogP contribution < -0.4 is 20.1 Å². The fraction of sp³-hybridized carbons (Fsp3) is 0.208. The number of hydrogen-bond acceptors (Lipinski definition) is 7. The predicted molar refractivity (Wildman–Crippen MR) is 123 cm³/mol. The van der Waals surface area contributed by atoms with Crippen molar-refractivity contribution in [3.05, 3.63) is 77.6 Å². The van der Waals surface area contributed by atoms with Gasteiger partial charge in [-0.25, -0.2) is 4.98 Å². The third kappa shape index (κ3) is 5.28. The largest absolute Gasteiger partial charge is 0.493 e. The van der Waals surface area contributed by atoms with Crippen LogP contribution in [0.25, 0.3) is 10.9 Å². The predicted octanol–water partition coefficient (Wildman–Crippen LogP) is 5.29. The number of nitrogens with zero attached hydrogens (tertiary/aromatic N) is 3. The highest BCUT2D eigenvalue weighted by atomic mass is 19.4. The number of anilines is 2. The standard InChI is InChI=1S/C24H22F3N5O2/c1-33-20-10-18-19(11-21(20)34-2)31-23(30-14-16-6-4-8-28-12-16)32-22(18)29-13-15-5-3-7-17(9-15)24(25,26)27/h3-12H,13-14H2,1-2H3,(H2,29,30,31,32). The summed E-state index contributed by atoms with van der Waals surface area (Å²) in [4.78, 5) is 13.2. The third-order valence-electron chi connectivity index (χ3n) is 5.09. The molecule has 0 bridgehead atoms. The van der Waals surface area contributed by atoms with Crippen molar-refractivity contribution in [3.63, 3.8) is 0 Å². The molecule has 0 amide bonds. The zero-order valence-corrected chi connectivity index (χ0v) is 18.5. The van der Waals surface area contributed by atoms with E-state index in [-0.39, 0.29) is 6.54 Å². The highest BCUT2D eigenvalue weighted by Crippen LogP contribution is 2.35. The maximum atomic E-state index is 13.1. The SMILES string of the molecule is COc1cc2nc(NCc3cccnc3)nc(NCc3cccc(C(F)(F)F)c3)c2cc1OC. The molecule has 0 atom stereocenters. The van der Waals surface area contributed by atoms with Crippen LogP contribution in [-0.4, -0.2) is 29.2 Å². The van der Waals surface area contributed by atoms with Crippen LogP contribution in [0.1, 0.15) is 16.7 Å². The molecule has 0 aliphatic rings. The molecule has 0 radical (unpaired) electrons. The average Bonchev–Trinajstić information content (AvgIpc) is 2.85. The number of nitrogens with one attached hydrogen (secondary N) is 2. The van der Waals surface area contributed by atoms with E-state index in [0.29, 0.717) is 46.3 Å². The summed E-state index contributed by atoms with van der Waals surface area (Å²) in [5.41, 5.74) is 1.28. The second-order valence-electron chi connectivity index (χ2n) is 7.39. The summed E-state index contributed by atoms with van der Waals surface area (Å²) in [5.74, 6) is 1.76. The summed E-state index contributed by atoms with van der Waals surface area (Å²) in [6.07, 6.45) is -0.995. The molecule has 2 N–H and O–H groups in total. The van der Waals surface area contributed by atoms with Crippen molar-refractivity contribution in [3.8, 4) is 11.5 Å². The Morgan fingerprint density at radius 3 is 2.29 bits per heavy atom. The minimum atomic E-state index is -4.41. The summed E-state index contributed by atoms with van der Waals surface area (Å²) in [7, 11) is 3.04. The van der Waals surface area contributed by atoms with Gasteiger partial charge in [-0.3, -0.25) is 4.98 Å². The van der Waals surface area contributed by atoms with Crippen molar-refractivity contribution >= 4 is 22.7 Å². The smallest absolute Gasteiger partial charge is 0.416 e. The first kappa shape index (κ1) is 23.1. The van der Waals surface area contributed by atoms with E-state index in [1.807, 2.05) is 12.1 Å². The van der Waals surface area contributed by atoms with Crippen molar-refractivity contribution in [2.45, 2.75) is 19.3 Å². The Labute approximate surface area is 194 Å². The number of hydrogen-bond donors (Lipinski definition) is 2. The quantitative estimate of drug-likeness (QED) is 0.363. The van der Waals surface area contributed by atoms with Gasteiger partial charge in [0, 0.05) is 36.9 Å². The lowest BCUT2D eigenvalue weighted by Gasteiger charge is -2.15. The molecular weight excluding hydrogens is 447 g/mol. The first-order valence-electron chi connectivity index (χ1n) is 10.3. The summed E-state index contributed by atoms with van der Waals surface area (Å²) in [6.45, 7) is 0.576. The zero-order valence-electron chi connectivity index (χ0n) is 18.5. The fourth-order valence-electron chi connectivity index (χ4n) is 3.40. The number of alkyl halides is 3. The van der Waals surface area contributed by atoms with Crippen LogP contribution in [-0.2, 0) is 19.3 Å². The Hall–Kier alpha value is -4.08. The van der Waals surface area contributed by atoms with E-state index in [4.69, 9.17) is 9.47 Å². The van der Waals surface area contributed by atoms with Gasteiger partial charge in [0.25, 0.3) is 0 Å². The molecule has 0 saturated carbocycles. The van der Waals surface area contributed by atoms with E-state index in [1.165, 1.54) is 20.3 Å². The number of halogens is 3. The molecule has 4 rings (SSSR count). The molecule has 0 aliphatic heterocycles. The minimum absolute atomic E-state index is 0.131. The van der Waals surface area contributed by atoms with Gasteiger partial charge < -0.3 is 20.1 Å². The van der Waals surface area contributed by atoms with Gasteiger partial charge in [0.15, 0.2) is 11.5 Å². The van der Waals surface area contributed by atoms with Gasteiger partial charge in [0.1, 0.15) is 5.82 Å². The Balaban J connectivity index is 1.67. The number of rotatable bonds is 8. The highest BCUT2D eigenvalue weighted by molar-refractivity contribution is 5.92. The number of aromatic nitrogens is 3. The van der Waals surface area contributed by atoms with Crippen molar-refractivity contribution in [2.75, 3.05) is 24.9 Å². The lowest BCUT2D eigenvalue weighted by molar-refractivity contribution is -0.137. The van der Waals surface area contributed by atoms with Gasteiger partial charge in [-0.2, -0.15) is 18.2 Å². The van der Waals surface area contributed by atoms with Crippen LogP contribution in [0.3, 0.4) is 0 Å². The zero-order chi connectivity index (χ0) is 24.1. The monoisotopic (exact) mass is 469 g/mol. The van der Waals surface area contributed by atoms with E-state index in [2.05, 4.69) is 25.6 Å². The van der Waals surface area contributed by atoms with E-state index < -0.39 is 11.7 Å². The molecular formula is C24H22F3N5O2. The van der Waals surface area contributed by atoms with Crippen molar-refractivity contribution < 1.29 is 22.6 Å². The third-order valence-corrected chi connectivity index (χ3v) is 5.09. The number of methoxy groups -OCH3 is 2. The topological polar surface area (TPSA) is 81.2 Å². The molecule has 0 aliphatic carbocycles. The van der Waals surface area contributed by atoms with Crippen LogP contribution in [0.5, 0.6) is 11.5 Å². The number of ether oxygens (including phenoxy) is 2. The fourth-order valence-corrected chi connectivity index (χ4v) is 3.40. The maximum absolute atomic E-state index is 13.1. The molecule has 2 aromatic carbocycles. The van der Waals surface area contributed by atoms with Crippen LogP contribution in [0.15, 0.2) is 60.9 Å². The lowest BCUT2D eigenvalue weighted by Crippen LogP contribution is -2.09. The summed E-state index contributed by atoms with van der Waals surface area (Å²) in [5, 5.41) is 6.94. The lowest BCUT2D eigenvalue weighted by atomic mass is 10.1. The Morgan fingerprint density at radius 2 is 1.59 bits per heavy atom. The van der Waals surface area contributed by atoms with Gasteiger partial charge in [-0.15, -0.1) is 0 Å². The van der Waals surface area contributed by atoms with E-state index >= 15 is 0 Å². The molecule has 176 valence electrons. The highest BCUT2D eigenvalue weighted by Gasteiger charge is 2.30. The molecule has 2 heterocycles. The van der Waals surface area contributed by atoms with E-state index in [1.54, 1.807) is 30.6 Å². The minimum Gasteiger partial charge on any atom is -0.493 e. The molecule has 7 nitrogen and oxygen atoms in total. The van der Waals surface area contributed by atoms with Crippen molar-refractivity contribution in [1.82, 2.24) is 15.0 Å². The van der Waals surface area contributed by atoms with Crippen LogP contribution in [0.2, 0.25) is 0 Å². The number of benzene rings is 2. The molecule has 0 fully saturated rings. The van der Waals surface area contributed by atoms with E-state index in [9.17, 15) is 13.2 Å². The summed E-state index contributed by atoms with van der Waals surface area (Å²) in [6, 6.07) is 12.4. The van der Waals surface area contributed by atoms with E-state index in [0.717, 1.165) is 17.7 Å². The van der Waals surface area contributed by atoms with Crippen molar-refractivity contribution in [1.29, 1.82) is 0 Å². The summed E-state index contributed by atoms with van der Waals surface area (Å²) >= 11 is 0. The molecule has 0 saturated heterocycles. The van der Waals surface area contributed by atoms with Gasteiger partial charge >= 0.3 is 6.18 Å². The Bertz CT molecular complexity index is 1280. The first-order chi connectivity index (χ1) is 16.4. The molecule has 0 spiro atoms. The van der Waals surface area contributed by atoms with Crippen molar-refractivity contribution in [2.24, 2.45) is 0 Å². The normalized spacial score (nSPS) is 11.3. The Kier molecular flexibility index (Phi) is 6.67. The average molecular weight is 469 g/mol. The Morgan fingerprint density at radius 1 is 0.853 bits per heavy atom. The van der Waals surface area contributed by atoms with Crippen LogP contribution >= 0.6 is 0 Å². The molecule has 4 aromatic rings. The number of pyridine rings is 1. The molecule has 34 heavy (non-hydrogen) atoms. The van der Waals surface area contributed by atoms with Gasteiger partial charge in [0.2, 0.25) is 5.95 Å². The second kappa shape index (κ2) is 9.82. The van der Waals surface area contributed by atoms with Crippen LogP contribution in [0, 0.1) is 0 Å². The summed E-state index contributed by atoms with van der Waals surface area (Å²) < 4.78 is 50.1. The second-order valence-corrected chi connectivity index (χ2v) is 7.39. The molecule has 10 heteroatoms. The van der Waals surface area contributed by atoms with Gasteiger partial charge in [-0.1, -0.05) is 18.2 Å². The van der Waals surface area contributed by atoms with Gasteiger partial charge in [0.05, 0.1) is 25.3 Å². The molecule has 2 aromatic heterocycles. The number of fused-ring (bicyclic) bond motifs is 1. The van der Waals surface area contributed by atoms with Gasteiger partial charge in [-0.05, 0) is 35.4 Å². The maximum Gasteiger partial charge on any atom is 0.416 e. The molecule has 0 unspecified atom stereocenters. The van der Waals surface area contributed by atoms with Crippen LogP contribution in [0.4, 0.5) is 24.9 Å².